The van der Waals surface area contributed by atoms with Crippen LogP contribution in [0.1, 0.15) is 66.0 Å². The summed E-state index contributed by atoms with van der Waals surface area (Å²) in [6.07, 6.45) is 0.326. The van der Waals surface area contributed by atoms with Gasteiger partial charge in [0.1, 0.15) is 5.75 Å². The summed E-state index contributed by atoms with van der Waals surface area (Å²) in [6.45, 7) is 16.7. The van der Waals surface area contributed by atoms with Crippen molar-refractivity contribution in [1.82, 2.24) is 0 Å². The quantitative estimate of drug-likeness (QED) is 0.333. The van der Waals surface area contributed by atoms with Crippen LogP contribution in [0, 0.1) is 6.92 Å². The molecule has 0 saturated heterocycles. The Labute approximate surface area is 154 Å². The zero-order valence-corrected chi connectivity index (χ0v) is 17.8. The van der Waals surface area contributed by atoms with E-state index in [0.29, 0.717) is 12.4 Å². The molecule has 0 aliphatic carbocycles. The van der Waals surface area contributed by atoms with Crippen LogP contribution in [-0.2, 0) is 19.3 Å². The molecule has 0 heterocycles. The molecule has 0 aliphatic heterocycles. The molecule has 0 N–H and O–H groups in total. The fourth-order valence-electron chi connectivity index (χ4n) is 2.24. The first-order valence-corrected chi connectivity index (χ1v) is 10.2. The van der Waals surface area contributed by atoms with Crippen molar-refractivity contribution in [2.75, 3.05) is 6.61 Å². The van der Waals surface area contributed by atoms with E-state index in [4.69, 9.17) is 13.8 Å². The molecule has 1 aromatic rings. The Hall–Kier alpha value is -0.960. The molecule has 4 nitrogen and oxygen atoms in total. The monoisotopic (exact) mass is 368 g/mol. The Bertz CT molecular complexity index is 561. The molecule has 0 fully saturated rings. The number of aryl methyl sites for hydroxylation is 1. The maximum atomic E-state index is 12.2. The number of hydrogen-bond acceptors (Lipinski definition) is 4. The fraction of sp³-hybridized carbons (Fsp3) is 0.650. The third-order valence-corrected chi connectivity index (χ3v) is 5.34. The van der Waals surface area contributed by atoms with Gasteiger partial charge in [0, 0.05) is 11.2 Å². The molecule has 142 valence electrons. The Morgan fingerprint density at radius 2 is 1.80 bits per heavy atom. The minimum absolute atomic E-state index is 0.0864. The van der Waals surface area contributed by atoms with E-state index in [2.05, 4.69) is 34.6 Å². The Balaban J connectivity index is 2.64. The molecule has 0 aliphatic rings. The van der Waals surface area contributed by atoms with Gasteiger partial charge in [0.2, 0.25) is 0 Å². The van der Waals surface area contributed by atoms with Crippen molar-refractivity contribution in [1.29, 1.82) is 0 Å². The number of benzene rings is 1. The van der Waals surface area contributed by atoms with E-state index in [9.17, 15) is 4.79 Å². The van der Waals surface area contributed by atoms with Gasteiger partial charge in [-0.05, 0) is 37.8 Å². The fourth-order valence-corrected chi connectivity index (χ4v) is 3.52. The molecule has 25 heavy (non-hydrogen) atoms. The van der Waals surface area contributed by atoms with Crippen molar-refractivity contribution in [3.8, 4) is 5.75 Å². The molecule has 5 heteroatoms. The number of esters is 1. The summed E-state index contributed by atoms with van der Waals surface area (Å²) < 4.78 is 17.2. The van der Waals surface area contributed by atoms with E-state index in [1.54, 1.807) is 0 Å². The summed E-state index contributed by atoms with van der Waals surface area (Å²) in [5.74, 6) is 0.362. The van der Waals surface area contributed by atoms with Gasteiger partial charge in [-0.1, -0.05) is 46.8 Å². The summed E-state index contributed by atoms with van der Waals surface area (Å²) >= 11 is 0. The van der Waals surface area contributed by atoms with Crippen molar-refractivity contribution in [2.24, 2.45) is 0 Å². The molecule has 1 unspecified atom stereocenters. The Kier molecular flexibility index (Phi) is 8.53. The normalized spacial score (nSPS) is 13.4. The molecule has 0 saturated carbocycles. The van der Waals surface area contributed by atoms with Crippen LogP contribution in [0.2, 0.25) is 0 Å². The molecule has 0 bridgehead atoms. The molecule has 1 aromatic carbocycles. The van der Waals surface area contributed by atoms with Gasteiger partial charge in [-0.25, -0.2) is 0 Å². The standard InChI is InChI=1S/C20H33O4P/c1-14(2)24-25(15(3)4)22-12-11-19(21)23-18-13-16(5)9-10-17(18)20(6,7)8/h9-10,13-15H,11-12H2,1-8H3. The summed E-state index contributed by atoms with van der Waals surface area (Å²) in [4.78, 5) is 12.2. The lowest BCUT2D eigenvalue weighted by atomic mass is 9.86. The average molecular weight is 368 g/mol. The summed E-state index contributed by atoms with van der Waals surface area (Å²) in [5.41, 5.74) is 2.30. The van der Waals surface area contributed by atoms with Gasteiger partial charge in [0.15, 0.2) is 8.38 Å². The first kappa shape index (κ1) is 22.1. The number of carbonyl (C=O) groups is 1. The highest BCUT2D eigenvalue weighted by Crippen LogP contribution is 2.44. The van der Waals surface area contributed by atoms with Crippen LogP contribution >= 0.6 is 8.38 Å². The number of ether oxygens (including phenoxy) is 1. The minimum atomic E-state index is -0.987. The predicted molar refractivity (Wildman–Crippen MR) is 104 cm³/mol. The summed E-state index contributed by atoms with van der Waals surface area (Å²) in [6, 6.07) is 5.99. The molecule has 0 aromatic heterocycles. The topological polar surface area (TPSA) is 44.8 Å². The first-order valence-electron chi connectivity index (χ1n) is 8.91. The molecule has 0 amide bonds. The van der Waals surface area contributed by atoms with Crippen molar-refractivity contribution < 1.29 is 18.6 Å². The van der Waals surface area contributed by atoms with Crippen molar-refractivity contribution in [2.45, 2.75) is 79.0 Å². The molecule has 0 spiro atoms. The van der Waals surface area contributed by atoms with Crippen molar-refractivity contribution >= 4 is 14.3 Å². The largest absolute Gasteiger partial charge is 0.426 e. The van der Waals surface area contributed by atoms with Gasteiger partial charge < -0.3 is 13.8 Å². The van der Waals surface area contributed by atoms with E-state index in [-0.39, 0.29) is 29.6 Å². The van der Waals surface area contributed by atoms with Crippen LogP contribution in [0.25, 0.3) is 0 Å². The average Bonchev–Trinajstić information content (AvgIpc) is 2.44. The molecular weight excluding hydrogens is 335 g/mol. The lowest BCUT2D eigenvalue weighted by Gasteiger charge is -2.23. The van der Waals surface area contributed by atoms with Crippen LogP contribution in [0.15, 0.2) is 18.2 Å². The number of hydrogen-bond donors (Lipinski definition) is 0. The van der Waals surface area contributed by atoms with Gasteiger partial charge in [0.05, 0.1) is 19.1 Å². The lowest BCUT2D eigenvalue weighted by Crippen LogP contribution is -2.17. The molecular formula is C20H33O4P. The number of rotatable bonds is 8. The van der Waals surface area contributed by atoms with Gasteiger partial charge in [-0.3, -0.25) is 4.79 Å². The third kappa shape index (κ3) is 7.85. The van der Waals surface area contributed by atoms with E-state index < -0.39 is 8.38 Å². The van der Waals surface area contributed by atoms with E-state index in [0.717, 1.165) is 11.1 Å². The molecule has 0 radical (unpaired) electrons. The highest BCUT2D eigenvalue weighted by Gasteiger charge is 2.21. The van der Waals surface area contributed by atoms with E-state index in [1.165, 1.54) is 0 Å². The van der Waals surface area contributed by atoms with Gasteiger partial charge in [0.25, 0.3) is 0 Å². The van der Waals surface area contributed by atoms with Crippen LogP contribution in [0.5, 0.6) is 5.75 Å². The van der Waals surface area contributed by atoms with Crippen LogP contribution in [0.3, 0.4) is 0 Å². The Morgan fingerprint density at radius 1 is 1.16 bits per heavy atom. The maximum Gasteiger partial charge on any atom is 0.313 e. The lowest BCUT2D eigenvalue weighted by molar-refractivity contribution is -0.135. The first-order chi connectivity index (χ1) is 11.5. The molecule has 1 atom stereocenters. The highest BCUT2D eigenvalue weighted by molar-refractivity contribution is 7.48. The second-order valence-electron chi connectivity index (χ2n) is 7.84. The summed E-state index contributed by atoms with van der Waals surface area (Å²) in [7, 11) is -0.987. The maximum absolute atomic E-state index is 12.2. The van der Waals surface area contributed by atoms with E-state index >= 15 is 0 Å². The zero-order valence-electron chi connectivity index (χ0n) is 16.9. The van der Waals surface area contributed by atoms with Crippen molar-refractivity contribution in [3.05, 3.63) is 29.3 Å². The third-order valence-electron chi connectivity index (χ3n) is 3.43. The predicted octanol–water partition coefficient (Wildman–Crippen LogP) is 5.75. The minimum Gasteiger partial charge on any atom is -0.426 e. The molecule has 1 rings (SSSR count). The van der Waals surface area contributed by atoms with Crippen LogP contribution in [0.4, 0.5) is 0 Å². The number of carbonyl (C=O) groups excluding carboxylic acids is 1. The highest BCUT2D eigenvalue weighted by atomic mass is 31.2. The second-order valence-corrected chi connectivity index (χ2v) is 9.91. The Morgan fingerprint density at radius 3 is 2.32 bits per heavy atom. The smallest absolute Gasteiger partial charge is 0.313 e. The zero-order chi connectivity index (χ0) is 19.2. The van der Waals surface area contributed by atoms with Gasteiger partial charge in [-0.15, -0.1) is 0 Å². The SMILES string of the molecule is Cc1ccc(C(C)(C)C)c(OC(=O)CCOP(OC(C)C)C(C)C)c1. The van der Waals surface area contributed by atoms with Gasteiger partial charge >= 0.3 is 5.97 Å². The summed E-state index contributed by atoms with van der Waals surface area (Å²) in [5, 5.41) is 0. The van der Waals surface area contributed by atoms with Gasteiger partial charge in [-0.2, -0.15) is 0 Å². The second kappa shape index (κ2) is 9.66. The van der Waals surface area contributed by atoms with Crippen LogP contribution in [-0.4, -0.2) is 24.3 Å². The van der Waals surface area contributed by atoms with Crippen LogP contribution < -0.4 is 4.74 Å². The van der Waals surface area contributed by atoms with E-state index in [1.807, 2.05) is 39.0 Å². The van der Waals surface area contributed by atoms with Crippen molar-refractivity contribution in [3.63, 3.8) is 0 Å².